The molecule has 0 aromatic rings. The summed E-state index contributed by atoms with van der Waals surface area (Å²) in [5, 5.41) is 0. The molecule has 0 radical (unpaired) electrons. The highest BCUT2D eigenvalue weighted by molar-refractivity contribution is 7.23. The minimum Gasteiger partial charge on any atom is -0.275 e. The summed E-state index contributed by atoms with van der Waals surface area (Å²) in [6, 6.07) is 0. The van der Waals surface area contributed by atoms with Crippen molar-refractivity contribution in [2.75, 3.05) is 6.16 Å². The molecule has 1 saturated carbocycles. The summed E-state index contributed by atoms with van der Waals surface area (Å²) in [6.07, 6.45) is 10.5. The second-order valence-electron chi connectivity index (χ2n) is 3.50. The first-order valence-electron chi connectivity index (χ1n) is 4.72. The van der Waals surface area contributed by atoms with Crippen molar-refractivity contribution in [3.8, 4) is 0 Å². The maximum absolute atomic E-state index is 10.1. The van der Waals surface area contributed by atoms with Gasteiger partial charge in [0.15, 0.2) is 8.46 Å². The molecule has 0 atom stereocenters. The van der Waals surface area contributed by atoms with Crippen molar-refractivity contribution in [1.82, 2.24) is 0 Å². The second kappa shape index (κ2) is 5.71. The van der Waals surface area contributed by atoms with Crippen LogP contribution in [-0.2, 0) is 4.57 Å². The lowest BCUT2D eigenvalue weighted by Gasteiger charge is -2.20. The lowest BCUT2D eigenvalue weighted by molar-refractivity contribution is 0.337. The van der Waals surface area contributed by atoms with Crippen LogP contribution in [0.3, 0.4) is 0 Å². The maximum atomic E-state index is 10.1. The van der Waals surface area contributed by atoms with Gasteiger partial charge in [-0.05, 0) is 18.8 Å². The molecule has 0 unspecified atom stereocenters. The van der Waals surface area contributed by atoms with Crippen LogP contribution in [0.4, 0.5) is 0 Å². The van der Waals surface area contributed by atoms with Gasteiger partial charge in [-0.15, -0.1) is 0 Å². The summed E-state index contributed by atoms with van der Waals surface area (Å²) in [4.78, 5) is 0. The normalized spacial score (nSPS) is 20.7. The Kier molecular flexibility index (Phi) is 4.77. The molecule has 1 aliphatic carbocycles. The molecule has 1 fully saturated rings. The van der Waals surface area contributed by atoms with Gasteiger partial charge in [-0.2, -0.15) is 0 Å². The average molecular weight is 172 g/mol. The van der Waals surface area contributed by atoms with E-state index in [0.717, 1.165) is 18.5 Å². The molecule has 0 aromatic carbocycles. The van der Waals surface area contributed by atoms with Gasteiger partial charge in [0.25, 0.3) is 0 Å². The van der Waals surface area contributed by atoms with E-state index in [1.165, 1.54) is 38.5 Å². The summed E-state index contributed by atoms with van der Waals surface area (Å²) in [6.45, 7) is 0. The van der Waals surface area contributed by atoms with E-state index in [0.29, 0.717) is 8.46 Å². The highest BCUT2D eigenvalue weighted by atomic mass is 31.1. The first-order chi connectivity index (χ1) is 5.43. The molecule has 0 spiro atoms. The molecule has 1 aliphatic rings. The summed E-state index contributed by atoms with van der Waals surface area (Å²) in [5.41, 5.74) is 0. The van der Waals surface area contributed by atoms with Crippen molar-refractivity contribution in [2.24, 2.45) is 5.92 Å². The average Bonchev–Trinajstić information content (AvgIpc) is 2.07. The fourth-order valence-corrected chi connectivity index (χ4v) is 2.23. The fourth-order valence-electron chi connectivity index (χ4n) is 1.92. The minimum atomic E-state index is 0.335. The topological polar surface area (TPSA) is 17.1 Å². The molecule has 1 nitrogen and oxygen atoms in total. The molecule has 2 heteroatoms. The van der Waals surface area contributed by atoms with Gasteiger partial charge < -0.3 is 0 Å². The fraction of sp³-hybridized carbons (Fsp3) is 1.00. The van der Waals surface area contributed by atoms with Crippen LogP contribution in [0.1, 0.15) is 44.9 Å². The van der Waals surface area contributed by atoms with Crippen LogP contribution < -0.4 is 0 Å². The smallest absolute Gasteiger partial charge is 0.155 e. The molecular formula is C9H17OP. The zero-order valence-corrected chi connectivity index (χ0v) is 7.98. The van der Waals surface area contributed by atoms with Crippen molar-refractivity contribution < 1.29 is 4.57 Å². The Hall–Kier alpha value is 0.100. The van der Waals surface area contributed by atoms with E-state index in [2.05, 4.69) is 0 Å². The molecule has 0 aliphatic heterocycles. The van der Waals surface area contributed by atoms with Crippen molar-refractivity contribution in [3.05, 3.63) is 0 Å². The molecule has 0 saturated heterocycles. The van der Waals surface area contributed by atoms with Crippen LogP contribution >= 0.6 is 8.46 Å². The van der Waals surface area contributed by atoms with E-state index in [1.807, 2.05) is 0 Å². The van der Waals surface area contributed by atoms with Gasteiger partial charge in [0.2, 0.25) is 0 Å². The first-order valence-corrected chi connectivity index (χ1v) is 5.72. The van der Waals surface area contributed by atoms with Crippen LogP contribution in [-0.4, -0.2) is 6.16 Å². The lowest BCUT2D eigenvalue weighted by atomic mass is 9.86. The van der Waals surface area contributed by atoms with E-state index >= 15 is 0 Å². The van der Waals surface area contributed by atoms with Gasteiger partial charge in [0.1, 0.15) is 0 Å². The first kappa shape index (κ1) is 9.19. The predicted octanol–water partition coefficient (Wildman–Crippen LogP) is 3.64. The standard InChI is InChI=1S/C9H17OP/c10-11-8-4-7-9-5-2-1-3-6-9/h9H,1-8H2. The second-order valence-corrected chi connectivity index (χ2v) is 4.20. The molecule has 0 N–H and O–H groups in total. The van der Waals surface area contributed by atoms with Crippen molar-refractivity contribution in [2.45, 2.75) is 44.9 Å². The van der Waals surface area contributed by atoms with Gasteiger partial charge in [0.05, 0.1) is 0 Å². The molecule has 11 heavy (non-hydrogen) atoms. The highest BCUT2D eigenvalue weighted by Gasteiger charge is 2.12. The lowest BCUT2D eigenvalue weighted by Crippen LogP contribution is -2.05. The molecular weight excluding hydrogens is 155 g/mol. The Morgan fingerprint density at radius 2 is 1.91 bits per heavy atom. The molecule has 64 valence electrons. The molecule has 0 heterocycles. The molecule has 0 bridgehead atoms. The highest BCUT2D eigenvalue weighted by Crippen LogP contribution is 2.27. The Balaban J connectivity index is 2.00. The van der Waals surface area contributed by atoms with E-state index in [1.54, 1.807) is 0 Å². The van der Waals surface area contributed by atoms with Crippen LogP contribution in [0.15, 0.2) is 0 Å². The zero-order chi connectivity index (χ0) is 7.94. The SMILES string of the molecule is O=PCCCC1CCCCC1. The molecule has 1 rings (SSSR count). The number of rotatable bonds is 4. The van der Waals surface area contributed by atoms with Crippen LogP contribution in [0, 0.1) is 5.92 Å². The molecule has 0 amide bonds. The van der Waals surface area contributed by atoms with E-state index < -0.39 is 0 Å². The number of hydrogen-bond donors (Lipinski definition) is 0. The predicted molar refractivity (Wildman–Crippen MR) is 48.3 cm³/mol. The monoisotopic (exact) mass is 172 g/mol. The van der Waals surface area contributed by atoms with Crippen LogP contribution in [0.2, 0.25) is 0 Å². The number of hydrogen-bond acceptors (Lipinski definition) is 1. The van der Waals surface area contributed by atoms with Crippen molar-refractivity contribution in [3.63, 3.8) is 0 Å². The van der Waals surface area contributed by atoms with Gasteiger partial charge in [-0.1, -0.05) is 32.1 Å². The van der Waals surface area contributed by atoms with E-state index in [4.69, 9.17) is 0 Å². The largest absolute Gasteiger partial charge is 0.275 e. The van der Waals surface area contributed by atoms with E-state index in [9.17, 15) is 4.57 Å². The summed E-state index contributed by atoms with van der Waals surface area (Å²) < 4.78 is 10.1. The van der Waals surface area contributed by atoms with Crippen LogP contribution in [0.5, 0.6) is 0 Å². The third-order valence-electron chi connectivity index (χ3n) is 2.59. The Bertz CT molecular complexity index is 108. The Morgan fingerprint density at radius 3 is 2.55 bits per heavy atom. The summed E-state index contributed by atoms with van der Waals surface area (Å²) in [5.74, 6) is 0.963. The van der Waals surface area contributed by atoms with Gasteiger partial charge in [-0.3, -0.25) is 4.57 Å². The minimum absolute atomic E-state index is 0.335. The summed E-state index contributed by atoms with van der Waals surface area (Å²) >= 11 is 0. The third kappa shape index (κ3) is 3.86. The van der Waals surface area contributed by atoms with Gasteiger partial charge >= 0.3 is 0 Å². The van der Waals surface area contributed by atoms with Gasteiger partial charge in [-0.25, -0.2) is 0 Å². The zero-order valence-electron chi connectivity index (χ0n) is 7.09. The van der Waals surface area contributed by atoms with Crippen molar-refractivity contribution in [1.29, 1.82) is 0 Å². The third-order valence-corrected chi connectivity index (χ3v) is 3.09. The van der Waals surface area contributed by atoms with E-state index in [-0.39, 0.29) is 0 Å². The van der Waals surface area contributed by atoms with Gasteiger partial charge in [0, 0.05) is 6.16 Å². The Labute approximate surface area is 70.8 Å². The maximum Gasteiger partial charge on any atom is 0.155 e. The quantitative estimate of drug-likeness (QED) is 0.467. The Morgan fingerprint density at radius 1 is 1.18 bits per heavy atom. The van der Waals surface area contributed by atoms with Crippen molar-refractivity contribution >= 4 is 8.46 Å². The molecule has 0 aromatic heterocycles. The van der Waals surface area contributed by atoms with Crippen LogP contribution in [0.25, 0.3) is 0 Å². The summed E-state index contributed by atoms with van der Waals surface area (Å²) in [7, 11) is 0.335.